The number of hydrogen-bond donors (Lipinski definition) is 1. The molecule has 0 amide bonds. The fourth-order valence-corrected chi connectivity index (χ4v) is 3.59. The maximum Gasteiger partial charge on any atom is 0.331 e. The Hall–Kier alpha value is -3.42. The van der Waals surface area contributed by atoms with Crippen LogP contribution in [0.2, 0.25) is 0 Å². The summed E-state index contributed by atoms with van der Waals surface area (Å²) in [5.41, 5.74) is 0.691. The van der Waals surface area contributed by atoms with E-state index >= 15 is 0 Å². The van der Waals surface area contributed by atoms with Crippen molar-refractivity contribution in [2.45, 2.75) is 45.0 Å². The third-order valence-electron chi connectivity index (χ3n) is 5.18. The molecule has 5 atom stereocenters. The lowest BCUT2D eigenvalue weighted by Gasteiger charge is -2.27. The molecule has 1 aliphatic heterocycles. The van der Waals surface area contributed by atoms with Gasteiger partial charge in [-0.15, -0.1) is 0 Å². The van der Waals surface area contributed by atoms with E-state index in [1.807, 2.05) is 0 Å². The summed E-state index contributed by atoms with van der Waals surface area (Å²) in [7, 11) is 0. The Kier molecular flexibility index (Phi) is 6.89. The van der Waals surface area contributed by atoms with Crippen LogP contribution in [0.5, 0.6) is 5.75 Å². The predicted octanol–water partition coefficient (Wildman–Crippen LogP) is 2.35. The van der Waals surface area contributed by atoms with Gasteiger partial charge in [-0.25, -0.2) is 9.59 Å². The first-order chi connectivity index (χ1) is 14.7. The Bertz CT molecular complexity index is 914. The van der Waals surface area contributed by atoms with Gasteiger partial charge >= 0.3 is 17.9 Å². The Labute approximate surface area is 179 Å². The topological polar surface area (TPSA) is 116 Å². The van der Waals surface area contributed by atoms with Crippen molar-refractivity contribution in [2.24, 2.45) is 11.8 Å². The van der Waals surface area contributed by atoms with Gasteiger partial charge in [0.05, 0.1) is 0 Å². The van der Waals surface area contributed by atoms with Crippen LogP contribution in [0.4, 0.5) is 0 Å². The van der Waals surface area contributed by atoms with Crippen LogP contribution in [0.1, 0.15) is 32.3 Å². The number of carbonyl (C=O) groups is 4. The zero-order chi connectivity index (χ0) is 22.5. The number of Topliss-reactive ketones (excluding diaryl/α,β-unsaturated/α-hetero) is 1. The number of carbonyl (C=O) groups excluding carboxylic acids is 4. The Balaban J connectivity index is 1.56. The number of esters is 3. The molecule has 164 valence electrons. The number of ketones is 1. The molecule has 8 nitrogen and oxygen atoms in total. The first-order valence-electron chi connectivity index (χ1n) is 10.0. The molecule has 0 bridgehead atoms. The Morgan fingerprint density at radius 2 is 1.90 bits per heavy atom. The van der Waals surface area contributed by atoms with Crippen LogP contribution in [0, 0.1) is 11.8 Å². The number of phenolic OH excluding ortho intramolecular Hbond substituents is 1. The third kappa shape index (κ3) is 6.04. The zero-order valence-electron chi connectivity index (χ0n) is 17.2. The van der Waals surface area contributed by atoms with Crippen LogP contribution < -0.4 is 0 Å². The lowest BCUT2D eigenvalue weighted by atomic mass is 10.0. The summed E-state index contributed by atoms with van der Waals surface area (Å²) in [5, 5.41) is 9.27. The monoisotopic (exact) mass is 428 g/mol. The number of benzene rings is 1. The molecule has 31 heavy (non-hydrogen) atoms. The number of aromatic hydroxyl groups is 1. The van der Waals surface area contributed by atoms with Crippen LogP contribution in [0.25, 0.3) is 6.08 Å². The minimum absolute atomic E-state index is 0.115. The van der Waals surface area contributed by atoms with Crippen molar-refractivity contribution in [2.75, 3.05) is 0 Å². The van der Waals surface area contributed by atoms with Crippen molar-refractivity contribution < 1.29 is 38.5 Å². The summed E-state index contributed by atoms with van der Waals surface area (Å²) in [4.78, 5) is 47.8. The van der Waals surface area contributed by atoms with E-state index in [1.165, 1.54) is 44.2 Å². The van der Waals surface area contributed by atoms with Crippen molar-refractivity contribution in [3.8, 4) is 5.75 Å². The molecule has 1 aromatic carbocycles. The summed E-state index contributed by atoms with van der Waals surface area (Å²) >= 11 is 0. The average molecular weight is 428 g/mol. The van der Waals surface area contributed by atoms with Crippen LogP contribution in [-0.2, 0) is 33.4 Å². The summed E-state index contributed by atoms with van der Waals surface area (Å²) in [6, 6.07) is 6.24. The second kappa shape index (κ2) is 9.59. The molecule has 1 saturated carbocycles. The zero-order valence-corrected chi connectivity index (χ0v) is 17.2. The maximum atomic E-state index is 12.7. The standard InChI is InChI=1S/C23H24O8/c1-13(29-21(27)11-8-15-6-9-16(25)10-7-15)22(28)17-12-18(17)23(30-14(2)24)19-4-3-5-20(26)31-19/h3,5-11,13,17-19,23,25H,4,12H2,1-2H3/b11-8+/t13?,17-,18-,19+,23-/m0/s1. The smallest absolute Gasteiger partial charge is 0.331 e. The minimum Gasteiger partial charge on any atom is -0.508 e. The molecule has 1 aliphatic carbocycles. The van der Waals surface area contributed by atoms with Gasteiger partial charge in [-0.05, 0) is 37.1 Å². The summed E-state index contributed by atoms with van der Waals surface area (Å²) in [5.74, 6) is -2.61. The summed E-state index contributed by atoms with van der Waals surface area (Å²) < 4.78 is 15.8. The highest BCUT2D eigenvalue weighted by atomic mass is 16.6. The maximum absolute atomic E-state index is 12.7. The lowest BCUT2D eigenvalue weighted by molar-refractivity contribution is -0.167. The van der Waals surface area contributed by atoms with Gasteiger partial charge in [-0.3, -0.25) is 9.59 Å². The Morgan fingerprint density at radius 3 is 2.55 bits per heavy atom. The summed E-state index contributed by atoms with van der Waals surface area (Å²) in [6.45, 7) is 2.76. The second-order valence-corrected chi connectivity index (χ2v) is 7.60. The molecule has 0 saturated heterocycles. The number of hydrogen-bond acceptors (Lipinski definition) is 8. The summed E-state index contributed by atoms with van der Waals surface area (Å²) in [6.07, 6.45) is 4.19. The van der Waals surface area contributed by atoms with E-state index in [4.69, 9.17) is 14.2 Å². The van der Waals surface area contributed by atoms with Crippen LogP contribution in [-0.4, -0.2) is 47.1 Å². The van der Waals surface area contributed by atoms with E-state index in [9.17, 15) is 24.3 Å². The van der Waals surface area contributed by atoms with E-state index in [0.717, 1.165) is 0 Å². The number of rotatable bonds is 8. The van der Waals surface area contributed by atoms with Gasteiger partial charge in [0.25, 0.3) is 0 Å². The second-order valence-electron chi connectivity index (χ2n) is 7.60. The number of ether oxygens (including phenoxy) is 3. The van der Waals surface area contributed by atoms with Gasteiger partial charge in [-0.1, -0.05) is 18.2 Å². The number of cyclic esters (lactones) is 1. The molecule has 0 spiro atoms. The molecule has 8 heteroatoms. The fraction of sp³-hybridized carbons (Fsp3) is 0.391. The van der Waals surface area contributed by atoms with Gasteiger partial charge in [0.2, 0.25) is 0 Å². The molecule has 1 aromatic rings. The molecule has 1 heterocycles. The molecular formula is C23H24O8. The van der Waals surface area contributed by atoms with Gasteiger partial charge in [0, 0.05) is 37.3 Å². The number of phenols is 1. The first kappa shape index (κ1) is 22.3. The van der Waals surface area contributed by atoms with Gasteiger partial charge in [0.15, 0.2) is 11.9 Å². The van der Waals surface area contributed by atoms with Crippen molar-refractivity contribution in [1.82, 2.24) is 0 Å². The van der Waals surface area contributed by atoms with Gasteiger partial charge < -0.3 is 19.3 Å². The van der Waals surface area contributed by atoms with Gasteiger partial charge in [-0.2, -0.15) is 0 Å². The third-order valence-corrected chi connectivity index (χ3v) is 5.18. The van der Waals surface area contributed by atoms with Crippen molar-refractivity contribution in [1.29, 1.82) is 0 Å². The van der Waals surface area contributed by atoms with Crippen molar-refractivity contribution in [3.05, 3.63) is 48.1 Å². The minimum atomic E-state index is -0.973. The average Bonchev–Trinajstić information content (AvgIpc) is 3.51. The molecule has 1 N–H and O–H groups in total. The molecule has 1 unspecified atom stereocenters. The van der Waals surface area contributed by atoms with Crippen LogP contribution in [0.3, 0.4) is 0 Å². The quantitative estimate of drug-likeness (QED) is 0.381. The molecule has 0 aromatic heterocycles. The molecule has 0 radical (unpaired) electrons. The molecule has 1 fully saturated rings. The normalized spacial score (nSPS) is 24.2. The van der Waals surface area contributed by atoms with Crippen molar-refractivity contribution in [3.63, 3.8) is 0 Å². The Morgan fingerprint density at radius 1 is 1.19 bits per heavy atom. The van der Waals surface area contributed by atoms with E-state index in [0.29, 0.717) is 18.4 Å². The van der Waals surface area contributed by atoms with Crippen LogP contribution in [0.15, 0.2) is 42.5 Å². The first-order valence-corrected chi connectivity index (χ1v) is 10.0. The molecule has 3 rings (SSSR count). The van der Waals surface area contributed by atoms with E-state index in [-0.39, 0.29) is 17.5 Å². The molecular weight excluding hydrogens is 404 g/mol. The molecule has 2 aliphatic rings. The highest BCUT2D eigenvalue weighted by Gasteiger charge is 2.53. The van der Waals surface area contributed by atoms with Gasteiger partial charge in [0.1, 0.15) is 18.0 Å². The highest BCUT2D eigenvalue weighted by molar-refractivity contribution is 5.93. The predicted molar refractivity (Wildman–Crippen MR) is 108 cm³/mol. The van der Waals surface area contributed by atoms with Crippen molar-refractivity contribution >= 4 is 29.8 Å². The lowest BCUT2D eigenvalue weighted by Crippen LogP contribution is -2.38. The highest BCUT2D eigenvalue weighted by Crippen LogP contribution is 2.46. The largest absolute Gasteiger partial charge is 0.508 e. The van der Waals surface area contributed by atoms with E-state index in [2.05, 4.69) is 0 Å². The van der Waals surface area contributed by atoms with Crippen LogP contribution >= 0.6 is 0 Å². The SMILES string of the molecule is CC(=O)O[C@@H]([C@H]1C[C@@H]1C(=O)C(C)OC(=O)/C=C/c1ccc(O)cc1)[C@H]1CC=CC(=O)O1. The fourth-order valence-electron chi connectivity index (χ4n) is 3.59. The van der Waals surface area contributed by atoms with E-state index in [1.54, 1.807) is 18.2 Å². The van der Waals surface area contributed by atoms with E-state index < -0.39 is 42.1 Å².